The van der Waals surface area contributed by atoms with E-state index >= 15 is 0 Å². The van der Waals surface area contributed by atoms with Gasteiger partial charge in [-0.3, -0.25) is 9.59 Å². The maximum Gasteiger partial charge on any atom is 0.225 e. The molecule has 1 aliphatic heterocycles. The first-order valence-corrected chi connectivity index (χ1v) is 4.70. The minimum atomic E-state index is -0.550. The largest absolute Gasteiger partial charge is 0.490 e. The average molecular weight is 206 g/mol. The molecule has 78 valence electrons. The minimum Gasteiger partial charge on any atom is -0.490 e. The summed E-state index contributed by atoms with van der Waals surface area (Å²) in [6.07, 6.45) is 1.10. The summed E-state index contributed by atoms with van der Waals surface area (Å²) in [4.78, 5) is 21.4. The monoisotopic (exact) mass is 206 g/mol. The fraction of sp³-hybridized carbons (Fsp3) is 0.273. The molecule has 0 amide bonds. The number of hydrogen-bond acceptors (Lipinski definition) is 4. The van der Waals surface area contributed by atoms with Gasteiger partial charge in [0.25, 0.3) is 0 Å². The standard InChI is InChI=1S/C11H10O4/c12-7-9(13)8-2-3-10-11(6-8)15-5-1-4-14-10/h2-3,6-7H,1,4-5H2. The van der Waals surface area contributed by atoms with E-state index in [1.165, 1.54) is 6.07 Å². The number of hydrogen-bond donors (Lipinski definition) is 0. The van der Waals surface area contributed by atoms with Crippen LogP contribution in [0.5, 0.6) is 11.5 Å². The van der Waals surface area contributed by atoms with Gasteiger partial charge in [0.2, 0.25) is 5.78 Å². The predicted octanol–water partition coefficient (Wildman–Crippen LogP) is 1.23. The van der Waals surface area contributed by atoms with Crippen LogP contribution in [0.2, 0.25) is 0 Å². The molecule has 4 heteroatoms. The first kappa shape index (κ1) is 9.71. The number of ether oxygens (including phenoxy) is 2. The Hall–Kier alpha value is -1.84. The molecule has 1 heterocycles. The van der Waals surface area contributed by atoms with Crippen molar-refractivity contribution in [2.24, 2.45) is 0 Å². The van der Waals surface area contributed by atoms with Crippen molar-refractivity contribution >= 4 is 12.1 Å². The summed E-state index contributed by atoms with van der Waals surface area (Å²) in [5.41, 5.74) is 0.328. The molecule has 0 N–H and O–H groups in total. The van der Waals surface area contributed by atoms with Gasteiger partial charge in [0.1, 0.15) is 0 Å². The Balaban J connectivity index is 2.35. The van der Waals surface area contributed by atoms with Crippen molar-refractivity contribution in [3.8, 4) is 11.5 Å². The molecule has 0 saturated heterocycles. The summed E-state index contributed by atoms with van der Waals surface area (Å²) in [5, 5.41) is 0. The van der Waals surface area contributed by atoms with Crippen LogP contribution in [0.15, 0.2) is 18.2 Å². The van der Waals surface area contributed by atoms with Gasteiger partial charge in [-0.15, -0.1) is 0 Å². The Bertz CT molecular complexity index is 398. The highest BCUT2D eigenvalue weighted by atomic mass is 16.5. The van der Waals surface area contributed by atoms with Gasteiger partial charge in [0.05, 0.1) is 13.2 Å². The lowest BCUT2D eigenvalue weighted by atomic mass is 10.1. The molecule has 0 atom stereocenters. The van der Waals surface area contributed by atoms with E-state index in [9.17, 15) is 9.59 Å². The summed E-state index contributed by atoms with van der Waals surface area (Å²) >= 11 is 0. The van der Waals surface area contributed by atoms with Crippen molar-refractivity contribution in [3.63, 3.8) is 0 Å². The van der Waals surface area contributed by atoms with Crippen LogP contribution in [0, 0.1) is 0 Å². The molecular weight excluding hydrogens is 196 g/mol. The van der Waals surface area contributed by atoms with E-state index in [0.29, 0.717) is 36.6 Å². The lowest BCUT2D eigenvalue weighted by molar-refractivity contribution is -0.104. The molecule has 1 aromatic carbocycles. The molecule has 0 saturated carbocycles. The molecule has 0 unspecified atom stereocenters. The van der Waals surface area contributed by atoms with Gasteiger partial charge in [0, 0.05) is 12.0 Å². The third-order valence-electron chi connectivity index (χ3n) is 2.14. The highest BCUT2D eigenvalue weighted by Crippen LogP contribution is 2.30. The van der Waals surface area contributed by atoms with Crippen LogP contribution in [-0.4, -0.2) is 25.3 Å². The van der Waals surface area contributed by atoms with Crippen LogP contribution in [0.3, 0.4) is 0 Å². The summed E-state index contributed by atoms with van der Waals surface area (Å²) in [5.74, 6) is 0.598. The average Bonchev–Trinajstić information content (AvgIpc) is 2.51. The molecule has 1 aromatic rings. The first-order valence-electron chi connectivity index (χ1n) is 4.70. The van der Waals surface area contributed by atoms with Gasteiger partial charge in [-0.1, -0.05) is 0 Å². The fourth-order valence-electron chi connectivity index (χ4n) is 1.38. The SMILES string of the molecule is O=CC(=O)c1ccc2c(c1)OCCCO2. The van der Waals surface area contributed by atoms with E-state index < -0.39 is 5.78 Å². The van der Waals surface area contributed by atoms with Crippen molar-refractivity contribution in [1.82, 2.24) is 0 Å². The van der Waals surface area contributed by atoms with E-state index in [0.717, 1.165) is 6.42 Å². The zero-order valence-corrected chi connectivity index (χ0v) is 8.06. The van der Waals surface area contributed by atoms with E-state index in [1.54, 1.807) is 12.1 Å². The maximum absolute atomic E-state index is 11.1. The Morgan fingerprint density at radius 1 is 1.20 bits per heavy atom. The zero-order chi connectivity index (χ0) is 10.7. The lowest BCUT2D eigenvalue weighted by Gasteiger charge is -2.07. The second-order valence-electron chi connectivity index (χ2n) is 3.19. The summed E-state index contributed by atoms with van der Waals surface area (Å²) in [7, 11) is 0. The minimum absolute atomic E-state index is 0.291. The normalized spacial score (nSPS) is 14.1. The van der Waals surface area contributed by atoms with Crippen LogP contribution in [0.25, 0.3) is 0 Å². The smallest absolute Gasteiger partial charge is 0.225 e. The molecule has 4 nitrogen and oxygen atoms in total. The van der Waals surface area contributed by atoms with Crippen LogP contribution >= 0.6 is 0 Å². The Morgan fingerprint density at radius 2 is 1.93 bits per heavy atom. The third-order valence-corrected chi connectivity index (χ3v) is 2.14. The maximum atomic E-state index is 11.1. The van der Waals surface area contributed by atoms with E-state index in [-0.39, 0.29) is 0 Å². The third kappa shape index (κ3) is 1.98. The van der Waals surface area contributed by atoms with Crippen LogP contribution in [0.1, 0.15) is 16.8 Å². The lowest BCUT2D eigenvalue weighted by Crippen LogP contribution is -2.01. The number of ketones is 1. The first-order chi connectivity index (χ1) is 7.31. The second-order valence-corrected chi connectivity index (χ2v) is 3.19. The number of carbonyl (C=O) groups is 2. The highest BCUT2D eigenvalue weighted by molar-refractivity contribution is 6.33. The van der Waals surface area contributed by atoms with Crippen LogP contribution in [-0.2, 0) is 4.79 Å². The number of Topliss-reactive ketones (excluding diaryl/α,β-unsaturated/α-hetero) is 1. The molecule has 15 heavy (non-hydrogen) atoms. The molecule has 2 rings (SSSR count). The molecule has 1 aliphatic rings. The molecule has 0 radical (unpaired) electrons. The summed E-state index contributed by atoms with van der Waals surface area (Å²) in [6.45, 7) is 1.17. The van der Waals surface area contributed by atoms with Gasteiger partial charge < -0.3 is 9.47 Å². The Morgan fingerprint density at radius 3 is 2.67 bits per heavy atom. The molecule has 0 spiro atoms. The topological polar surface area (TPSA) is 52.6 Å². The van der Waals surface area contributed by atoms with Crippen LogP contribution < -0.4 is 9.47 Å². The number of rotatable bonds is 2. The zero-order valence-electron chi connectivity index (χ0n) is 8.06. The summed E-state index contributed by atoms with van der Waals surface area (Å²) < 4.78 is 10.8. The molecule has 0 fully saturated rings. The number of aldehydes is 1. The molecular formula is C11H10O4. The van der Waals surface area contributed by atoms with Gasteiger partial charge in [-0.25, -0.2) is 0 Å². The predicted molar refractivity (Wildman–Crippen MR) is 52.4 cm³/mol. The van der Waals surface area contributed by atoms with Gasteiger partial charge in [-0.05, 0) is 18.2 Å². The van der Waals surface area contributed by atoms with E-state index in [4.69, 9.17) is 9.47 Å². The van der Waals surface area contributed by atoms with E-state index in [1.807, 2.05) is 0 Å². The van der Waals surface area contributed by atoms with Gasteiger partial charge in [0.15, 0.2) is 17.8 Å². The number of fused-ring (bicyclic) bond motifs is 1. The second kappa shape index (κ2) is 4.13. The highest BCUT2D eigenvalue weighted by Gasteiger charge is 2.13. The molecule has 0 bridgehead atoms. The van der Waals surface area contributed by atoms with Crippen molar-refractivity contribution in [2.75, 3.05) is 13.2 Å². The van der Waals surface area contributed by atoms with Crippen molar-refractivity contribution in [3.05, 3.63) is 23.8 Å². The fourth-order valence-corrected chi connectivity index (χ4v) is 1.38. The quantitative estimate of drug-likeness (QED) is 0.415. The van der Waals surface area contributed by atoms with Crippen LogP contribution in [0.4, 0.5) is 0 Å². The molecule has 0 aliphatic carbocycles. The summed E-state index contributed by atoms with van der Waals surface area (Å²) in [6, 6.07) is 4.75. The van der Waals surface area contributed by atoms with E-state index in [2.05, 4.69) is 0 Å². The molecule has 0 aromatic heterocycles. The Labute approximate surface area is 86.8 Å². The van der Waals surface area contributed by atoms with Gasteiger partial charge in [-0.2, -0.15) is 0 Å². The van der Waals surface area contributed by atoms with Crippen molar-refractivity contribution < 1.29 is 19.1 Å². The number of benzene rings is 1. The number of carbonyl (C=O) groups excluding carboxylic acids is 2. The van der Waals surface area contributed by atoms with Crippen molar-refractivity contribution in [2.45, 2.75) is 6.42 Å². The Kier molecular flexibility index (Phi) is 2.67. The van der Waals surface area contributed by atoms with Gasteiger partial charge >= 0.3 is 0 Å². The van der Waals surface area contributed by atoms with Crippen molar-refractivity contribution in [1.29, 1.82) is 0 Å².